The zero-order valence-corrected chi connectivity index (χ0v) is 14.1. The first-order chi connectivity index (χ1) is 12.4. The SMILES string of the molecule is CC(=O)c1ccc2c(c1)N(CCC(=O)Nc1cccc(F)c1)C(=O)CO2. The van der Waals surface area contributed by atoms with E-state index in [1.807, 2.05) is 0 Å². The summed E-state index contributed by atoms with van der Waals surface area (Å²) in [6.45, 7) is 1.43. The van der Waals surface area contributed by atoms with Crippen molar-refractivity contribution < 1.29 is 23.5 Å². The van der Waals surface area contributed by atoms with Crippen molar-refractivity contribution in [1.29, 1.82) is 0 Å². The predicted molar refractivity (Wildman–Crippen MR) is 93.9 cm³/mol. The number of halogens is 1. The average molecular weight is 356 g/mol. The summed E-state index contributed by atoms with van der Waals surface area (Å²) < 4.78 is 18.5. The number of ketones is 1. The molecular weight excluding hydrogens is 339 g/mol. The highest BCUT2D eigenvalue weighted by Crippen LogP contribution is 2.33. The second-order valence-corrected chi connectivity index (χ2v) is 5.88. The number of nitrogens with zero attached hydrogens (tertiary/aromatic N) is 1. The Morgan fingerprint density at radius 3 is 2.77 bits per heavy atom. The lowest BCUT2D eigenvalue weighted by Crippen LogP contribution is -2.40. The van der Waals surface area contributed by atoms with Crippen LogP contribution in [0.1, 0.15) is 23.7 Å². The van der Waals surface area contributed by atoms with Gasteiger partial charge in [-0.3, -0.25) is 14.4 Å². The quantitative estimate of drug-likeness (QED) is 0.836. The molecule has 0 aliphatic carbocycles. The molecule has 134 valence electrons. The maximum atomic E-state index is 13.2. The average Bonchev–Trinajstić information content (AvgIpc) is 2.60. The van der Waals surface area contributed by atoms with Gasteiger partial charge < -0.3 is 15.0 Å². The number of carbonyl (C=O) groups is 3. The second kappa shape index (κ2) is 7.35. The Hall–Kier alpha value is -3.22. The molecule has 1 aliphatic heterocycles. The number of nitrogens with one attached hydrogen (secondary N) is 1. The number of carbonyl (C=O) groups excluding carboxylic acids is 3. The Labute approximate surface area is 149 Å². The molecule has 3 rings (SSSR count). The molecule has 1 N–H and O–H groups in total. The van der Waals surface area contributed by atoms with E-state index >= 15 is 0 Å². The normalized spacial score (nSPS) is 13.0. The Bertz CT molecular complexity index is 882. The van der Waals surface area contributed by atoms with Crippen molar-refractivity contribution in [2.45, 2.75) is 13.3 Å². The number of benzene rings is 2. The molecule has 7 heteroatoms. The fraction of sp³-hybridized carbons (Fsp3) is 0.211. The number of hydrogen-bond acceptors (Lipinski definition) is 4. The predicted octanol–water partition coefficient (Wildman–Crippen LogP) is 2.78. The third-order valence-electron chi connectivity index (χ3n) is 3.98. The van der Waals surface area contributed by atoms with Crippen LogP contribution in [0.3, 0.4) is 0 Å². The highest BCUT2D eigenvalue weighted by Gasteiger charge is 2.26. The summed E-state index contributed by atoms with van der Waals surface area (Å²) in [5.41, 5.74) is 1.27. The van der Waals surface area contributed by atoms with Crippen LogP contribution < -0.4 is 15.0 Å². The smallest absolute Gasteiger partial charge is 0.265 e. The van der Waals surface area contributed by atoms with Crippen molar-refractivity contribution >= 4 is 29.0 Å². The Morgan fingerprint density at radius 2 is 2.04 bits per heavy atom. The van der Waals surface area contributed by atoms with E-state index < -0.39 is 5.82 Å². The lowest BCUT2D eigenvalue weighted by atomic mass is 10.1. The van der Waals surface area contributed by atoms with E-state index in [1.165, 1.54) is 30.0 Å². The van der Waals surface area contributed by atoms with Gasteiger partial charge in [-0.15, -0.1) is 0 Å². The summed E-state index contributed by atoms with van der Waals surface area (Å²) in [5, 5.41) is 2.59. The first-order valence-corrected chi connectivity index (χ1v) is 8.07. The maximum Gasteiger partial charge on any atom is 0.265 e. The zero-order chi connectivity index (χ0) is 18.7. The molecular formula is C19H17FN2O4. The molecule has 2 aromatic rings. The summed E-state index contributed by atoms with van der Waals surface area (Å²) >= 11 is 0. The summed E-state index contributed by atoms with van der Waals surface area (Å²) in [4.78, 5) is 37.3. The highest BCUT2D eigenvalue weighted by molar-refractivity contribution is 6.02. The molecule has 0 fully saturated rings. The third-order valence-corrected chi connectivity index (χ3v) is 3.98. The highest BCUT2D eigenvalue weighted by atomic mass is 19.1. The van der Waals surface area contributed by atoms with Crippen LogP contribution in [0, 0.1) is 5.82 Å². The van der Waals surface area contributed by atoms with Gasteiger partial charge in [0.05, 0.1) is 5.69 Å². The molecule has 0 aromatic heterocycles. The van der Waals surface area contributed by atoms with Crippen LogP contribution in [0.15, 0.2) is 42.5 Å². The molecule has 0 unspecified atom stereocenters. The minimum absolute atomic E-state index is 0.0198. The molecule has 0 radical (unpaired) electrons. The Morgan fingerprint density at radius 1 is 1.23 bits per heavy atom. The maximum absolute atomic E-state index is 13.2. The van der Waals surface area contributed by atoms with Crippen molar-refractivity contribution in [3.05, 3.63) is 53.8 Å². The Balaban J connectivity index is 1.71. The van der Waals surface area contributed by atoms with E-state index in [0.717, 1.165) is 0 Å². The molecule has 2 aromatic carbocycles. The first-order valence-electron chi connectivity index (χ1n) is 8.07. The van der Waals surface area contributed by atoms with E-state index in [9.17, 15) is 18.8 Å². The lowest BCUT2D eigenvalue weighted by molar-refractivity contribution is -0.121. The van der Waals surface area contributed by atoms with Gasteiger partial charge in [0.1, 0.15) is 11.6 Å². The van der Waals surface area contributed by atoms with E-state index in [4.69, 9.17) is 4.74 Å². The standard InChI is InChI=1S/C19H17FN2O4/c1-12(23)13-5-6-17-16(9-13)22(19(25)11-26-17)8-7-18(24)21-15-4-2-3-14(20)10-15/h2-6,9-10H,7-8,11H2,1H3,(H,21,24). The summed E-state index contributed by atoms with van der Waals surface area (Å²) in [5.74, 6) is -0.734. The van der Waals surface area contributed by atoms with Crippen molar-refractivity contribution in [2.24, 2.45) is 0 Å². The van der Waals surface area contributed by atoms with Crippen LogP contribution in [0.4, 0.5) is 15.8 Å². The van der Waals surface area contributed by atoms with Gasteiger partial charge in [0.2, 0.25) is 5.91 Å². The molecule has 0 bridgehead atoms. The van der Waals surface area contributed by atoms with Crippen molar-refractivity contribution in [3.63, 3.8) is 0 Å². The van der Waals surface area contributed by atoms with Gasteiger partial charge in [0.25, 0.3) is 5.91 Å². The molecule has 0 saturated carbocycles. The van der Waals surface area contributed by atoms with Crippen molar-refractivity contribution in [2.75, 3.05) is 23.4 Å². The number of anilines is 2. The van der Waals surface area contributed by atoms with Crippen LogP contribution in [-0.2, 0) is 9.59 Å². The second-order valence-electron chi connectivity index (χ2n) is 5.88. The summed E-state index contributed by atoms with van der Waals surface area (Å²) in [7, 11) is 0. The van der Waals surface area contributed by atoms with Gasteiger partial charge in [0.15, 0.2) is 12.4 Å². The lowest BCUT2D eigenvalue weighted by Gasteiger charge is -2.29. The van der Waals surface area contributed by atoms with Gasteiger partial charge in [-0.25, -0.2) is 4.39 Å². The van der Waals surface area contributed by atoms with Crippen LogP contribution >= 0.6 is 0 Å². The molecule has 1 heterocycles. The number of fused-ring (bicyclic) bond motifs is 1. The molecule has 2 amide bonds. The number of Topliss-reactive ketones (excluding diaryl/α,β-unsaturated/α-hetero) is 1. The number of rotatable bonds is 5. The first kappa shape index (κ1) is 17.6. The molecule has 0 atom stereocenters. The molecule has 0 saturated heterocycles. The number of amides is 2. The van der Waals surface area contributed by atoms with Crippen LogP contribution in [0.25, 0.3) is 0 Å². The van der Waals surface area contributed by atoms with Crippen molar-refractivity contribution in [3.8, 4) is 5.75 Å². The van der Waals surface area contributed by atoms with Crippen molar-refractivity contribution in [1.82, 2.24) is 0 Å². The molecule has 1 aliphatic rings. The van der Waals surface area contributed by atoms with Gasteiger partial charge in [-0.05, 0) is 43.3 Å². The van der Waals surface area contributed by atoms with E-state index in [2.05, 4.69) is 5.32 Å². The molecule has 0 spiro atoms. The largest absolute Gasteiger partial charge is 0.482 e. The monoisotopic (exact) mass is 356 g/mol. The number of hydrogen-bond donors (Lipinski definition) is 1. The fourth-order valence-electron chi connectivity index (χ4n) is 2.67. The fourth-order valence-corrected chi connectivity index (χ4v) is 2.67. The zero-order valence-electron chi connectivity index (χ0n) is 14.1. The van der Waals surface area contributed by atoms with E-state index in [1.54, 1.807) is 24.3 Å². The molecule has 26 heavy (non-hydrogen) atoms. The summed E-state index contributed by atoms with van der Waals surface area (Å²) in [6.07, 6.45) is 0.0198. The van der Waals surface area contributed by atoms with Crippen LogP contribution in [-0.4, -0.2) is 30.7 Å². The van der Waals surface area contributed by atoms with E-state index in [-0.39, 0.29) is 37.2 Å². The van der Waals surface area contributed by atoms with Gasteiger partial charge in [0, 0.05) is 24.2 Å². The van der Waals surface area contributed by atoms with E-state index in [0.29, 0.717) is 22.7 Å². The van der Waals surface area contributed by atoms with Gasteiger partial charge >= 0.3 is 0 Å². The van der Waals surface area contributed by atoms with Gasteiger partial charge in [-0.1, -0.05) is 6.07 Å². The number of ether oxygens (including phenoxy) is 1. The Kier molecular flexibility index (Phi) is 4.97. The minimum Gasteiger partial charge on any atom is -0.482 e. The van der Waals surface area contributed by atoms with Crippen LogP contribution in [0.2, 0.25) is 0 Å². The minimum atomic E-state index is -0.447. The molecule has 6 nitrogen and oxygen atoms in total. The third kappa shape index (κ3) is 3.88. The topological polar surface area (TPSA) is 75.7 Å². The van der Waals surface area contributed by atoms with Crippen LogP contribution in [0.5, 0.6) is 5.75 Å². The summed E-state index contributed by atoms with van der Waals surface area (Å²) in [6, 6.07) is 10.4. The van der Waals surface area contributed by atoms with Gasteiger partial charge in [-0.2, -0.15) is 0 Å².